The molecule has 0 saturated carbocycles. The van der Waals surface area contributed by atoms with Crippen molar-refractivity contribution in [2.45, 2.75) is 32.6 Å². The normalized spacial score (nSPS) is 11.0. The average Bonchev–Trinajstić information content (AvgIpc) is 2.94. The van der Waals surface area contributed by atoms with Gasteiger partial charge in [0.25, 0.3) is 0 Å². The second-order valence-electron chi connectivity index (χ2n) is 5.56. The highest BCUT2D eigenvalue weighted by atomic mass is 16.3. The van der Waals surface area contributed by atoms with E-state index in [1.165, 1.54) is 6.42 Å². The molecule has 0 spiro atoms. The van der Waals surface area contributed by atoms with Gasteiger partial charge in [-0.1, -0.05) is 68.3 Å². The summed E-state index contributed by atoms with van der Waals surface area (Å²) in [6, 6.07) is 17.3. The Bertz CT molecular complexity index is 769. The van der Waals surface area contributed by atoms with Crippen molar-refractivity contribution in [2.24, 2.45) is 0 Å². The van der Waals surface area contributed by atoms with Crippen LogP contribution in [0.2, 0.25) is 0 Å². The van der Waals surface area contributed by atoms with Crippen molar-refractivity contribution in [1.29, 1.82) is 0 Å². The molecule has 0 aliphatic heterocycles. The predicted molar refractivity (Wildman–Crippen MR) is 89.3 cm³/mol. The first kappa shape index (κ1) is 14.6. The number of benzene rings is 2. The van der Waals surface area contributed by atoms with E-state index in [0.717, 1.165) is 35.8 Å². The zero-order valence-electron chi connectivity index (χ0n) is 12.8. The maximum atomic E-state index is 12.8. The topological polar surface area (TPSA) is 30.2 Å². The van der Waals surface area contributed by atoms with Crippen LogP contribution in [0.1, 0.15) is 47.9 Å². The van der Waals surface area contributed by atoms with Gasteiger partial charge in [-0.2, -0.15) is 0 Å². The van der Waals surface area contributed by atoms with Gasteiger partial charge in [0.15, 0.2) is 5.76 Å². The molecule has 0 aliphatic carbocycles. The van der Waals surface area contributed by atoms with Gasteiger partial charge < -0.3 is 4.42 Å². The molecule has 1 aromatic heterocycles. The number of para-hydroxylation sites is 1. The highest BCUT2D eigenvalue weighted by molar-refractivity contribution is 6.10. The Morgan fingerprint density at radius 3 is 2.45 bits per heavy atom. The molecule has 2 aromatic carbocycles. The van der Waals surface area contributed by atoms with E-state index >= 15 is 0 Å². The van der Waals surface area contributed by atoms with E-state index in [1.807, 2.05) is 54.6 Å². The van der Waals surface area contributed by atoms with Crippen molar-refractivity contribution in [1.82, 2.24) is 0 Å². The molecule has 0 bridgehead atoms. The minimum Gasteiger partial charge on any atom is -0.452 e. The largest absolute Gasteiger partial charge is 0.452 e. The van der Waals surface area contributed by atoms with Crippen LogP contribution < -0.4 is 0 Å². The molecule has 0 amide bonds. The van der Waals surface area contributed by atoms with Crippen molar-refractivity contribution in [3.8, 4) is 0 Å². The number of carbonyl (C=O) groups excluding carboxylic acids is 1. The van der Waals surface area contributed by atoms with Crippen LogP contribution in [0.15, 0.2) is 59.0 Å². The minimum atomic E-state index is -0.0247. The Balaban J connectivity index is 2.04. The Kier molecular flexibility index (Phi) is 4.38. The number of ketones is 1. The summed E-state index contributed by atoms with van der Waals surface area (Å²) >= 11 is 0. The summed E-state index contributed by atoms with van der Waals surface area (Å²) in [5.41, 5.74) is 2.53. The van der Waals surface area contributed by atoms with E-state index in [0.29, 0.717) is 11.3 Å². The lowest BCUT2D eigenvalue weighted by Crippen LogP contribution is -2.03. The Labute approximate surface area is 130 Å². The van der Waals surface area contributed by atoms with Crippen molar-refractivity contribution in [3.05, 3.63) is 71.5 Å². The van der Waals surface area contributed by atoms with Crippen LogP contribution in [0.5, 0.6) is 0 Å². The lowest BCUT2D eigenvalue weighted by atomic mass is 9.99. The van der Waals surface area contributed by atoms with Crippen LogP contribution in [-0.2, 0) is 6.42 Å². The Hall–Kier alpha value is -2.35. The van der Waals surface area contributed by atoms with Crippen LogP contribution in [-0.4, -0.2) is 5.78 Å². The Morgan fingerprint density at radius 1 is 0.955 bits per heavy atom. The lowest BCUT2D eigenvalue weighted by molar-refractivity contribution is 0.101. The number of hydrogen-bond acceptors (Lipinski definition) is 2. The number of hydrogen-bond donors (Lipinski definition) is 0. The second kappa shape index (κ2) is 6.61. The average molecular weight is 292 g/mol. The van der Waals surface area contributed by atoms with Gasteiger partial charge in [-0.3, -0.25) is 4.79 Å². The van der Waals surface area contributed by atoms with Crippen LogP contribution in [0.4, 0.5) is 0 Å². The summed E-state index contributed by atoms with van der Waals surface area (Å²) in [6.07, 6.45) is 4.30. The standard InChI is InChI=1S/C20H20O2/c1-2-3-5-13-17-16-12-8-9-14-18(16)22-20(17)19(21)15-10-6-4-7-11-15/h4,6-12,14H,2-3,5,13H2,1H3. The van der Waals surface area contributed by atoms with E-state index in [-0.39, 0.29) is 5.78 Å². The molecule has 0 unspecified atom stereocenters. The summed E-state index contributed by atoms with van der Waals surface area (Å²) in [4.78, 5) is 12.8. The third-order valence-corrected chi connectivity index (χ3v) is 3.97. The number of furan rings is 1. The van der Waals surface area contributed by atoms with Crippen molar-refractivity contribution >= 4 is 16.8 Å². The first-order valence-electron chi connectivity index (χ1n) is 7.91. The van der Waals surface area contributed by atoms with Gasteiger partial charge in [0.2, 0.25) is 5.78 Å². The highest BCUT2D eigenvalue weighted by Gasteiger charge is 2.21. The summed E-state index contributed by atoms with van der Waals surface area (Å²) in [6.45, 7) is 2.18. The SMILES string of the molecule is CCCCCc1c(C(=O)c2ccccc2)oc2ccccc12. The van der Waals surface area contributed by atoms with Crippen LogP contribution in [0, 0.1) is 0 Å². The molecule has 0 atom stereocenters. The molecule has 3 rings (SSSR count). The molecular formula is C20H20O2. The van der Waals surface area contributed by atoms with E-state index in [2.05, 4.69) is 6.92 Å². The molecule has 0 radical (unpaired) electrons. The molecule has 3 aromatic rings. The first-order chi connectivity index (χ1) is 10.8. The summed E-state index contributed by atoms with van der Waals surface area (Å²) in [7, 11) is 0. The van der Waals surface area contributed by atoms with Crippen LogP contribution >= 0.6 is 0 Å². The van der Waals surface area contributed by atoms with Gasteiger partial charge in [-0.25, -0.2) is 0 Å². The van der Waals surface area contributed by atoms with E-state index in [9.17, 15) is 4.79 Å². The second-order valence-corrected chi connectivity index (χ2v) is 5.56. The monoisotopic (exact) mass is 292 g/mol. The molecule has 22 heavy (non-hydrogen) atoms. The fraction of sp³-hybridized carbons (Fsp3) is 0.250. The summed E-state index contributed by atoms with van der Waals surface area (Å²) in [5.74, 6) is 0.479. The van der Waals surface area contributed by atoms with Gasteiger partial charge in [0.1, 0.15) is 5.58 Å². The lowest BCUT2D eigenvalue weighted by Gasteiger charge is -2.03. The summed E-state index contributed by atoms with van der Waals surface area (Å²) in [5, 5.41) is 1.07. The van der Waals surface area contributed by atoms with Crippen molar-refractivity contribution in [2.75, 3.05) is 0 Å². The van der Waals surface area contributed by atoms with Gasteiger partial charge in [-0.15, -0.1) is 0 Å². The maximum absolute atomic E-state index is 12.8. The third-order valence-electron chi connectivity index (χ3n) is 3.97. The van der Waals surface area contributed by atoms with E-state index in [1.54, 1.807) is 0 Å². The minimum absolute atomic E-state index is 0.0247. The number of fused-ring (bicyclic) bond motifs is 1. The van der Waals surface area contributed by atoms with Gasteiger partial charge in [-0.05, 0) is 18.9 Å². The molecule has 112 valence electrons. The number of rotatable bonds is 6. The zero-order chi connectivity index (χ0) is 15.4. The van der Waals surface area contributed by atoms with Crippen molar-refractivity contribution < 1.29 is 9.21 Å². The summed E-state index contributed by atoms with van der Waals surface area (Å²) < 4.78 is 5.90. The van der Waals surface area contributed by atoms with Crippen LogP contribution in [0.3, 0.4) is 0 Å². The number of aryl methyl sites for hydroxylation is 1. The predicted octanol–water partition coefficient (Wildman–Crippen LogP) is 5.40. The molecule has 2 heteroatoms. The van der Waals surface area contributed by atoms with Crippen molar-refractivity contribution in [3.63, 3.8) is 0 Å². The molecule has 0 saturated heterocycles. The van der Waals surface area contributed by atoms with E-state index < -0.39 is 0 Å². The molecule has 0 fully saturated rings. The molecule has 2 nitrogen and oxygen atoms in total. The third kappa shape index (κ3) is 2.82. The smallest absolute Gasteiger partial charge is 0.228 e. The van der Waals surface area contributed by atoms with Gasteiger partial charge >= 0.3 is 0 Å². The quantitative estimate of drug-likeness (QED) is 0.450. The zero-order valence-corrected chi connectivity index (χ0v) is 12.8. The number of carbonyl (C=O) groups is 1. The first-order valence-corrected chi connectivity index (χ1v) is 7.91. The van der Waals surface area contributed by atoms with Gasteiger partial charge in [0, 0.05) is 16.5 Å². The molecular weight excluding hydrogens is 272 g/mol. The number of unbranched alkanes of at least 4 members (excludes halogenated alkanes) is 2. The highest BCUT2D eigenvalue weighted by Crippen LogP contribution is 2.29. The fourth-order valence-corrected chi connectivity index (χ4v) is 2.80. The molecule has 1 heterocycles. The molecule has 0 aliphatic rings. The molecule has 0 N–H and O–H groups in total. The van der Waals surface area contributed by atoms with Crippen LogP contribution in [0.25, 0.3) is 11.0 Å². The maximum Gasteiger partial charge on any atom is 0.228 e. The fourth-order valence-electron chi connectivity index (χ4n) is 2.80. The van der Waals surface area contributed by atoms with Gasteiger partial charge in [0.05, 0.1) is 0 Å². The Morgan fingerprint density at radius 2 is 1.68 bits per heavy atom. The van der Waals surface area contributed by atoms with E-state index in [4.69, 9.17) is 4.42 Å².